The van der Waals surface area contributed by atoms with Crippen LogP contribution in [0.25, 0.3) is 0 Å². The van der Waals surface area contributed by atoms with E-state index in [2.05, 4.69) is 17.1 Å². The number of rotatable bonds is 2. The molecule has 0 aliphatic carbocycles. The highest BCUT2D eigenvalue weighted by Gasteiger charge is 2.30. The summed E-state index contributed by atoms with van der Waals surface area (Å²) in [5, 5.41) is 3.64. The Morgan fingerprint density at radius 1 is 1.24 bits per heavy atom. The van der Waals surface area contributed by atoms with Crippen LogP contribution < -0.4 is 5.56 Å². The van der Waals surface area contributed by atoms with Crippen LogP contribution in [0.3, 0.4) is 0 Å². The maximum atomic E-state index is 11.2. The molecule has 6 heteroatoms. The zero-order chi connectivity index (χ0) is 15.0. The van der Waals surface area contributed by atoms with E-state index in [4.69, 9.17) is 27.7 Å². The number of halogens is 2. The zero-order valence-corrected chi connectivity index (χ0v) is 13.1. The van der Waals surface area contributed by atoms with Gasteiger partial charge in [-0.3, -0.25) is 9.69 Å². The number of aromatic amines is 1. The molecule has 2 atom stereocenters. The molecular weight excluding hydrogens is 311 g/mol. The van der Waals surface area contributed by atoms with Gasteiger partial charge in [0.15, 0.2) is 0 Å². The number of hydrogen-bond donors (Lipinski definition) is 1. The lowest BCUT2D eigenvalue weighted by Gasteiger charge is -2.36. The lowest BCUT2D eigenvalue weighted by Crippen LogP contribution is -2.33. The van der Waals surface area contributed by atoms with Crippen molar-refractivity contribution < 1.29 is 4.52 Å². The minimum absolute atomic E-state index is 0.189. The summed E-state index contributed by atoms with van der Waals surface area (Å²) in [5.41, 5.74) is 0.906. The summed E-state index contributed by atoms with van der Waals surface area (Å²) in [6, 6.07) is 7.38. The van der Waals surface area contributed by atoms with Gasteiger partial charge in [-0.1, -0.05) is 23.2 Å². The second kappa shape index (κ2) is 5.87. The molecule has 2 aromatic rings. The van der Waals surface area contributed by atoms with E-state index in [0.717, 1.165) is 30.7 Å². The first-order chi connectivity index (χ1) is 10.0. The van der Waals surface area contributed by atoms with E-state index < -0.39 is 0 Å². The topological polar surface area (TPSA) is 49.2 Å². The Bertz CT molecular complexity index is 675. The van der Waals surface area contributed by atoms with Gasteiger partial charge in [0, 0.05) is 28.1 Å². The molecule has 1 saturated heterocycles. The van der Waals surface area contributed by atoms with Crippen LogP contribution in [0.15, 0.2) is 33.6 Å². The molecule has 0 amide bonds. The van der Waals surface area contributed by atoms with Crippen molar-refractivity contribution in [1.29, 1.82) is 0 Å². The van der Waals surface area contributed by atoms with Crippen molar-refractivity contribution in [2.45, 2.75) is 24.8 Å². The third-order valence-electron chi connectivity index (χ3n) is 4.08. The second-order valence-corrected chi connectivity index (χ2v) is 6.41. The Balaban J connectivity index is 1.88. The molecule has 1 aromatic heterocycles. The zero-order valence-electron chi connectivity index (χ0n) is 11.6. The maximum Gasteiger partial charge on any atom is 0.280 e. The number of H-pyrrole nitrogens is 1. The number of benzene rings is 1. The van der Waals surface area contributed by atoms with Gasteiger partial charge in [0.1, 0.15) is 5.76 Å². The molecule has 1 N–H and O–H groups in total. The van der Waals surface area contributed by atoms with Gasteiger partial charge in [-0.05, 0) is 50.2 Å². The molecule has 4 nitrogen and oxygen atoms in total. The summed E-state index contributed by atoms with van der Waals surface area (Å²) >= 11 is 12.2. The summed E-state index contributed by atoms with van der Waals surface area (Å²) in [6.45, 7) is 0.925. The van der Waals surface area contributed by atoms with Crippen LogP contribution in [0.2, 0.25) is 10.0 Å². The first kappa shape index (κ1) is 14.7. The van der Waals surface area contributed by atoms with E-state index in [0.29, 0.717) is 10.0 Å². The third-order valence-corrected chi connectivity index (χ3v) is 4.52. The van der Waals surface area contributed by atoms with E-state index >= 15 is 0 Å². The van der Waals surface area contributed by atoms with Gasteiger partial charge in [0.05, 0.1) is 0 Å². The largest absolute Gasteiger partial charge is 0.383 e. The number of piperidine rings is 1. The molecule has 1 aliphatic rings. The summed E-state index contributed by atoms with van der Waals surface area (Å²) in [7, 11) is 2.09. The Labute approximate surface area is 132 Å². The highest BCUT2D eigenvalue weighted by Crippen LogP contribution is 2.39. The van der Waals surface area contributed by atoms with Gasteiger partial charge < -0.3 is 4.52 Å². The Morgan fingerprint density at radius 2 is 1.95 bits per heavy atom. The fourth-order valence-electron chi connectivity index (χ4n) is 3.00. The van der Waals surface area contributed by atoms with Crippen LogP contribution in [-0.2, 0) is 0 Å². The minimum atomic E-state index is -0.189. The number of nitrogens with one attached hydrogen (secondary N) is 1. The summed E-state index contributed by atoms with van der Waals surface area (Å²) in [5.74, 6) is 0.953. The van der Waals surface area contributed by atoms with E-state index in [9.17, 15) is 4.79 Å². The average molecular weight is 327 g/mol. The smallest absolute Gasteiger partial charge is 0.280 e. The normalized spacial score (nSPS) is 23.4. The van der Waals surface area contributed by atoms with Crippen molar-refractivity contribution >= 4 is 23.2 Å². The van der Waals surface area contributed by atoms with Crippen LogP contribution in [0.4, 0.5) is 0 Å². The van der Waals surface area contributed by atoms with Crippen LogP contribution in [0.1, 0.15) is 36.1 Å². The number of aromatic nitrogens is 1. The van der Waals surface area contributed by atoms with Gasteiger partial charge in [-0.15, -0.1) is 0 Å². The molecule has 1 aliphatic heterocycles. The van der Waals surface area contributed by atoms with Crippen LogP contribution in [0, 0.1) is 0 Å². The Kier molecular flexibility index (Phi) is 4.11. The van der Waals surface area contributed by atoms with Gasteiger partial charge in [0.25, 0.3) is 5.56 Å². The molecule has 0 saturated carbocycles. The number of hydrogen-bond acceptors (Lipinski definition) is 3. The molecule has 1 fully saturated rings. The summed E-state index contributed by atoms with van der Waals surface area (Å²) in [6.07, 6.45) is 1.83. The lowest BCUT2D eigenvalue weighted by molar-refractivity contribution is 0.157. The van der Waals surface area contributed by atoms with E-state index in [1.165, 1.54) is 6.07 Å². The highest BCUT2D eigenvalue weighted by atomic mass is 35.5. The SMILES string of the molecule is CN1CC[C@H](c2cc(=O)[nH]o2)C[C@@H]1c1cc(Cl)cc(Cl)c1. The van der Waals surface area contributed by atoms with E-state index in [1.54, 1.807) is 6.07 Å². The molecule has 0 bridgehead atoms. The minimum Gasteiger partial charge on any atom is -0.383 e. The molecular formula is C15H16Cl2N2O2. The van der Waals surface area contributed by atoms with E-state index in [-0.39, 0.29) is 17.5 Å². The van der Waals surface area contributed by atoms with Gasteiger partial charge >= 0.3 is 0 Å². The van der Waals surface area contributed by atoms with Gasteiger partial charge in [0.2, 0.25) is 0 Å². The van der Waals surface area contributed by atoms with Gasteiger partial charge in [-0.2, -0.15) is 5.16 Å². The predicted molar refractivity (Wildman–Crippen MR) is 83.1 cm³/mol. The Morgan fingerprint density at radius 3 is 2.57 bits per heavy atom. The first-order valence-electron chi connectivity index (χ1n) is 6.87. The van der Waals surface area contributed by atoms with Crippen molar-refractivity contribution in [2.75, 3.05) is 13.6 Å². The molecule has 21 heavy (non-hydrogen) atoms. The first-order valence-corrected chi connectivity index (χ1v) is 7.63. The standard InChI is InChI=1S/C15H16Cl2N2O2/c1-19-3-2-9(14-8-15(20)18-21-14)6-13(19)10-4-11(16)7-12(17)5-10/h4-5,7-9,13H,2-3,6H2,1H3,(H,18,20)/t9-,13+/m0/s1. The number of likely N-dealkylation sites (tertiary alicyclic amines) is 1. The van der Waals surface area contributed by atoms with Gasteiger partial charge in [-0.25, -0.2) is 0 Å². The van der Waals surface area contributed by atoms with Crippen molar-refractivity contribution in [2.24, 2.45) is 0 Å². The van der Waals surface area contributed by atoms with Crippen LogP contribution in [-0.4, -0.2) is 23.6 Å². The monoisotopic (exact) mass is 326 g/mol. The highest BCUT2D eigenvalue weighted by molar-refractivity contribution is 6.34. The molecule has 2 heterocycles. The van der Waals surface area contributed by atoms with Crippen LogP contribution in [0.5, 0.6) is 0 Å². The molecule has 3 rings (SSSR count). The lowest BCUT2D eigenvalue weighted by atomic mass is 9.86. The predicted octanol–water partition coefficient (Wildman–Crippen LogP) is 3.83. The molecule has 1 aromatic carbocycles. The molecule has 0 unspecified atom stereocenters. The summed E-state index contributed by atoms with van der Waals surface area (Å²) < 4.78 is 5.26. The Hall–Kier alpha value is -1.23. The van der Waals surface area contributed by atoms with Crippen molar-refractivity contribution in [1.82, 2.24) is 10.1 Å². The maximum absolute atomic E-state index is 11.2. The average Bonchev–Trinajstić information content (AvgIpc) is 2.85. The number of nitrogens with zero attached hydrogens (tertiary/aromatic N) is 1. The fraction of sp³-hybridized carbons (Fsp3) is 0.400. The summed E-state index contributed by atoms with van der Waals surface area (Å²) in [4.78, 5) is 13.5. The van der Waals surface area contributed by atoms with Crippen LogP contribution >= 0.6 is 23.2 Å². The second-order valence-electron chi connectivity index (χ2n) is 5.54. The fourth-order valence-corrected chi connectivity index (χ4v) is 3.54. The quantitative estimate of drug-likeness (QED) is 0.912. The molecule has 112 valence electrons. The third kappa shape index (κ3) is 3.18. The molecule has 0 radical (unpaired) electrons. The van der Waals surface area contributed by atoms with Crippen molar-refractivity contribution in [3.63, 3.8) is 0 Å². The molecule has 0 spiro atoms. The van der Waals surface area contributed by atoms with E-state index in [1.807, 2.05) is 12.1 Å². The van der Waals surface area contributed by atoms with Crippen molar-refractivity contribution in [3.8, 4) is 0 Å². The van der Waals surface area contributed by atoms with Crippen molar-refractivity contribution in [3.05, 3.63) is 56.0 Å².